The Labute approximate surface area is 149 Å². The van der Waals surface area contributed by atoms with Crippen LogP contribution < -0.4 is 0 Å². The molecule has 0 aliphatic heterocycles. The van der Waals surface area contributed by atoms with E-state index in [9.17, 15) is 21.6 Å². The van der Waals surface area contributed by atoms with Crippen molar-refractivity contribution in [1.82, 2.24) is 9.29 Å². The molecule has 0 saturated heterocycles. The van der Waals surface area contributed by atoms with Crippen molar-refractivity contribution in [1.29, 1.82) is 5.26 Å². The van der Waals surface area contributed by atoms with Crippen LogP contribution in [0, 0.1) is 18.3 Å². The molecule has 138 valence electrons. The summed E-state index contributed by atoms with van der Waals surface area (Å²) in [5, 5.41) is 8.89. The minimum absolute atomic E-state index is 0.0546. The average Bonchev–Trinajstić information content (AvgIpc) is 2.59. The minimum atomic E-state index is -4.82. The highest BCUT2D eigenvalue weighted by atomic mass is 32.2. The van der Waals surface area contributed by atoms with Crippen LogP contribution in [0.15, 0.2) is 47.6 Å². The normalized spacial score (nSPS) is 13.4. The fourth-order valence-corrected chi connectivity index (χ4v) is 4.11. The highest BCUT2D eigenvalue weighted by molar-refractivity contribution is 7.89. The van der Waals surface area contributed by atoms with E-state index in [1.165, 1.54) is 31.2 Å². The maximum Gasteiger partial charge on any atom is 0.409 e. The van der Waals surface area contributed by atoms with Crippen molar-refractivity contribution in [3.8, 4) is 6.07 Å². The molecule has 1 aromatic carbocycles. The molecule has 0 aliphatic carbocycles. The number of alkyl halides is 3. The highest BCUT2D eigenvalue weighted by Crippen LogP contribution is 2.40. The van der Waals surface area contributed by atoms with E-state index in [2.05, 4.69) is 4.98 Å². The maximum absolute atomic E-state index is 13.8. The third kappa shape index (κ3) is 4.03. The molecule has 2 aromatic rings. The second-order valence-electron chi connectivity index (χ2n) is 5.58. The second kappa shape index (κ2) is 7.43. The summed E-state index contributed by atoms with van der Waals surface area (Å²) in [7, 11) is -4.52. The second-order valence-corrected chi connectivity index (χ2v) is 7.47. The Morgan fingerprint density at radius 3 is 2.35 bits per heavy atom. The number of aromatic nitrogens is 1. The van der Waals surface area contributed by atoms with Gasteiger partial charge in [0.2, 0.25) is 10.0 Å². The maximum atomic E-state index is 13.8. The van der Waals surface area contributed by atoms with E-state index in [1.807, 2.05) is 0 Å². The molecule has 0 saturated carbocycles. The molecule has 1 aromatic heterocycles. The molecule has 1 unspecified atom stereocenters. The molecule has 0 bridgehead atoms. The van der Waals surface area contributed by atoms with Crippen LogP contribution in [0.4, 0.5) is 13.2 Å². The molecular weight excluding hydrogens is 367 g/mol. The summed E-state index contributed by atoms with van der Waals surface area (Å²) in [4.78, 5) is 3.18. The number of pyridine rings is 1. The monoisotopic (exact) mass is 383 g/mol. The van der Waals surface area contributed by atoms with Gasteiger partial charge in [-0.3, -0.25) is 4.98 Å². The van der Waals surface area contributed by atoms with E-state index in [0.717, 1.165) is 24.0 Å². The smallest absolute Gasteiger partial charge is 0.262 e. The first-order valence-electron chi connectivity index (χ1n) is 7.61. The van der Waals surface area contributed by atoms with Gasteiger partial charge in [-0.2, -0.15) is 22.7 Å². The molecule has 0 fully saturated rings. The van der Waals surface area contributed by atoms with Crippen molar-refractivity contribution < 1.29 is 21.6 Å². The van der Waals surface area contributed by atoms with E-state index >= 15 is 0 Å². The van der Waals surface area contributed by atoms with Crippen LogP contribution in [-0.4, -0.2) is 30.4 Å². The number of benzene rings is 1. The third-order valence-electron chi connectivity index (χ3n) is 3.75. The van der Waals surface area contributed by atoms with Crippen molar-refractivity contribution in [2.24, 2.45) is 0 Å². The fourth-order valence-electron chi connectivity index (χ4n) is 2.52. The van der Waals surface area contributed by atoms with Crippen LogP contribution in [0.3, 0.4) is 0 Å². The number of hydrogen-bond donors (Lipinski definition) is 0. The van der Waals surface area contributed by atoms with E-state index in [0.29, 0.717) is 4.31 Å². The molecule has 9 heteroatoms. The van der Waals surface area contributed by atoms with Gasteiger partial charge in [-0.25, -0.2) is 8.42 Å². The van der Waals surface area contributed by atoms with Gasteiger partial charge in [-0.05, 0) is 18.6 Å². The van der Waals surface area contributed by atoms with Crippen LogP contribution in [0.1, 0.15) is 29.7 Å². The van der Waals surface area contributed by atoms with E-state index in [1.54, 1.807) is 13.0 Å². The van der Waals surface area contributed by atoms with Crippen LogP contribution in [-0.2, 0) is 10.0 Å². The lowest BCUT2D eigenvalue weighted by molar-refractivity contribution is -0.173. The lowest BCUT2D eigenvalue weighted by Crippen LogP contribution is -2.42. The number of hydrogen-bond acceptors (Lipinski definition) is 4. The van der Waals surface area contributed by atoms with Gasteiger partial charge < -0.3 is 0 Å². The predicted molar refractivity (Wildman–Crippen MR) is 88.5 cm³/mol. The van der Waals surface area contributed by atoms with Gasteiger partial charge in [-0.1, -0.05) is 36.8 Å². The zero-order valence-electron chi connectivity index (χ0n) is 14.0. The number of halogens is 3. The van der Waals surface area contributed by atoms with Gasteiger partial charge in [-0.15, -0.1) is 0 Å². The Balaban J connectivity index is 2.60. The van der Waals surface area contributed by atoms with Crippen molar-refractivity contribution in [2.45, 2.75) is 31.0 Å². The number of sulfonamides is 1. The Morgan fingerprint density at radius 2 is 1.85 bits per heavy atom. The van der Waals surface area contributed by atoms with E-state index in [-0.39, 0.29) is 11.1 Å². The van der Waals surface area contributed by atoms with Gasteiger partial charge in [0.05, 0.1) is 5.56 Å². The molecule has 5 nitrogen and oxygen atoms in total. The molecule has 1 heterocycles. The summed E-state index contributed by atoms with van der Waals surface area (Å²) in [6.07, 6.45) is -2.75. The lowest BCUT2D eigenvalue weighted by Gasteiger charge is -2.31. The summed E-state index contributed by atoms with van der Waals surface area (Å²) >= 11 is 0. The van der Waals surface area contributed by atoms with E-state index < -0.39 is 33.7 Å². The van der Waals surface area contributed by atoms with Crippen LogP contribution in [0.2, 0.25) is 0 Å². The summed E-state index contributed by atoms with van der Waals surface area (Å²) in [6, 6.07) is 5.89. The summed E-state index contributed by atoms with van der Waals surface area (Å²) in [6.45, 7) is 2.64. The highest BCUT2D eigenvalue weighted by Gasteiger charge is 2.48. The topological polar surface area (TPSA) is 74.1 Å². The van der Waals surface area contributed by atoms with Crippen LogP contribution in [0.25, 0.3) is 0 Å². The summed E-state index contributed by atoms with van der Waals surface area (Å²) in [5.74, 6) is 0. The van der Waals surface area contributed by atoms with Crippen molar-refractivity contribution >= 4 is 10.0 Å². The fraction of sp³-hybridized carbons (Fsp3) is 0.294. The van der Waals surface area contributed by atoms with Crippen molar-refractivity contribution in [3.63, 3.8) is 0 Å². The van der Waals surface area contributed by atoms with Gasteiger partial charge in [0.25, 0.3) is 0 Å². The Kier molecular flexibility index (Phi) is 5.68. The molecule has 0 spiro atoms. The molecule has 0 aliphatic rings. The minimum Gasteiger partial charge on any atom is -0.262 e. The molecular formula is C17H16F3N3O2S. The standard InChI is InChI=1S/C17H16F3N3O2S/c1-3-23(26(24,25)15-8-13(9-21)10-22-11-15)16(17(18,19)20)14-6-4-12(2)5-7-14/h4-8,10-11,16H,3H2,1-2H3. The zero-order chi connectivity index (χ0) is 19.5. The number of rotatable bonds is 5. The van der Waals surface area contributed by atoms with Gasteiger partial charge in [0.15, 0.2) is 0 Å². The summed E-state index contributed by atoms with van der Waals surface area (Å²) in [5.41, 5.74) is 0.519. The quantitative estimate of drug-likeness (QED) is 0.791. The van der Waals surface area contributed by atoms with Gasteiger partial charge in [0, 0.05) is 18.9 Å². The predicted octanol–water partition coefficient (Wildman–Crippen LogP) is 3.58. The van der Waals surface area contributed by atoms with E-state index in [4.69, 9.17) is 5.26 Å². The van der Waals surface area contributed by atoms with Crippen molar-refractivity contribution in [2.75, 3.05) is 6.54 Å². The molecule has 1 atom stereocenters. The SMILES string of the molecule is CCN(C(c1ccc(C)cc1)C(F)(F)F)S(=O)(=O)c1cncc(C#N)c1. The number of nitriles is 1. The number of nitrogens with zero attached hydrogens (tertiary/aromatic N) is 3. The zero-order valence-corrected chi connectivity index (χ0v) is 14.8. The Hall–Kier alpha value is -2.44. The molecule has 0 N–H and O–H groups in total. The number of aryl methyl sites for hydroxylation is 1. The molecule has 26 heavy (non-hydrogen) atoms. The van der Waals surface area contributed by atoms with Gasteiger partial charge >= 0.3 is 6.18 Å². The van der Waals surface area contributed by atoms with Crippen LogP contribution >= 0.6 is 0 Å². The molecule has 2 rings (SSSR count). The van der Waals surface area contributed by atoms with Gasteiger partial charge in [0.1, 0.15) is 17.0 Å². The first-order valence-corrected chi connectivity index (χ1v) is 9.05. The summed E-state index contributed by atoms with van der Waals surface area (Å²) < 4.78 is 67.3. The third-order valence-corrected chi connectivity index (χ3v) is 5.66. The average molecular weight is 383 g/mol. The van der Waals surface area contributed by atoms with Crippen LogP contribution in [0.5, 0.6) is 0 Å². The largest absolute Gasteiger partial charge is 0.409 e. The molecule has 0 amide bonds. The first kappa shape index (κ1) is 19.9. The Morgan fingerprint density at radius 1 is 1.23 bits per heavy atom. The molecule has 0 radical (unpaired) electrons. The Bertz CT molecular complexity index is 920. The first-order chi connectivity index (χ1) is 12.1. The lowest BCUT2D eigenvalue weighted by atomic mass is 10.0. The van der Waals surface area contributed by atoms with Crippen molar-refractivity contribution in [3.05, 3.63) is 59.4 Å².